The van der Waals surface area contributed by atoms with Crippen molar-refractivity contribution in [1.82, 2.24) is 20.0 Å². The number of aryl methyl sites for hydroxylation is 1. The average molecular weight is 343 g/mol. The zero-order chi connectivity index (χ0) is 17.9. The molecule has 1 amide bonds. The molecule has 128 valence electrons. The number of hydrogen-bond donors (Lipinski definition) is 1. The van der Waals surface area contributed by atoms with Gasteiger partial charge in [0.25, 0.3) is 5.91 Å². The van der Waals surface area contributed by atoms with Crippen molar-refractivity contribution in [3.8, 4) is 0 Å². The molecule has 0 fully saturated rings. The lowest BCUT2D eigenvalue weighted by atomic mass is 10.1. The highest BCUT2D eigenvalue weighted by Crippen LogP contribution is 2.17. The Morgan fingerprint density at radius 1 is 1.08 bits per heavy atom. The highest BCUT2D eigenvalue weighted by molar-refractivity contribution is 6.05. The summed E-state index contributed by atoms with van der Waals surface area (Å²) in [5.74, 6) is -0.188. The number of hydrogen-bond acceptors (Lipinski definition) is 4. The largest absolute Gasteiger partial charge is 0.322 e. The summed E-state index contributed by atoms with van der Waals surface area (Å²) in [7, 11) is 0. The number of amides is 1. The fraction of sp³-hybridized carbons (Fsp3) is 0.100. The summed E-state index contributed by atoms with van der Waals surface area (Å²) in [4.78, 5) is 16.4. The van der Waals surface area contributed by atoms with Crippen molar-refractivity contribution in [1.29, 1.82) is 0 Å². The standard InChI is InChI=1S/C20H17N5O/c1-14-4-2-3-5-16(14)13-25-19-7-6-15(12-18(19)23-24-25)20(26)22-17-8-10-21-11-9-17/h2-12H,13H2,1H3,(H,21,22,26). The molecule has 1 N–H and O–H groups in total. The molecule has 0 saturated heterocycles. The molecule has 6 heteroatoms. The number of carbonyl (C=O) groups is 1. The van der Waals surface area contributed by atoms with Gasteiger partial charge in [-0.2, -0.15) is 0 Å². The maximum Gasteiger partial charge on any atom is 0.255 e. The van der Waals surface area contributed by atoms with E-state index in [-0.39, 0.29) is 5.91 Å². The minimum Gasteiger partial charge on any atom is -0.322 e. The predicted molar refractivity (Wildman–Crippen MR) is 100.0 cm³/mol. The van der Waals surface area contributed by atoms with E-state index in [1.54, 1.807) is 36.7 Å². The fourth-order valence-electron chi connectivity index (χ4n) is 2.82. The molecular weight excluding hydrogens is 326 g/mol. The zero-order valence-corrected chi connectivity index (χ0v) is 14.3. The number of anilines is 1. The molecule has 0 atom stereocenters. The van der Waals surface area contributed by atoms with Crippen molar-refractivity contribution in [3.63, 3.8) is 0 Å². The molecule has 2 aromatic carbocycles. The van der Waals surface area contributed by atoms with E-state index in [9.17, 15) is 4.79 Å². The number of fused-ring (bicyclic) bond motifs is 1. The molecule has 0 saturated carbocycles. The van der Waals surface area contributed by atoms with Gasteiger partial charge >= 0.3 is 0 Å². The summed E-state index contributed by atoms with van der Waals surface area (Å²) in [5.41, 5.74) is 5.24. The van der Waals surface area contributed by atoms with E-state index in [4.69, 9.17) is 0 Å². The molecule has 0 aliphatic carbocycles. The third kappa shape index (κ3) is 3.17. The Morgan fingerprint density at radius 2 is 1.88 bits per heavy atom. The van der Waals surface area contributed by atoms with Gasteiger partial charge in [0.15, 0.2) is 0 Å². The van der Waals surface area contributed by atoms with Crippen molar-refractivity contribution >= 4 is 22.6 Å². The molecule has 0 bridgehead atoms. The van der Waals surface area contributed by atoms with E-state index in [0.717, 1.165) is 5.52 Å². The molecule has 2 heterocycles. The average Bonchev–Trinajstić information content (AvgIpc) is 3.06. The number of aromatic nitrogens is 4. The van der Waals surface area contributed by atoms with Gasteiger partial charge in [-0.3, -0.25) is 9.78 Å². The molecule has 0 spiro atoms. The quantitative estimate of drug-likeness (QED) is 0.616. The van der Waals surface area contributed by atoms with Gasteiger partial charge in [-0.15, -0.1) is 5.10 Å². The fourth-order valence-corrected chi connectivity index (χ4v) is 2.82. The third-order valence-electron chi connectivity index (χ3n) is 4.30. The molecule has 0 unspecified atom stereocenters. The monoisotopic (exact) mass is 343 g/mol. The first kappa shape index (κ1) is 16.0. The van der Waals surface area contributed by atoms with Gasteiger partial charge in [-0.05, 0) is 48.4 Å². The van der Waals surface area contributed by atoms with Crippen LogP contribution in [0.15, 0.2) is 67.0 Å². The summed E-state index contributed by atoms with van der Waals surface area (Å²) >= 11 is 0. The first-order valence-electron chi connectivity index (χ1n) is 8.30. The predicted octanol–water partition coefficient (Wildman–Crippen LogP) is 3.44. The van der Waals surface area contributed by atoms with Crippen molar-refractivity contribution in [3.05, 3.63) is 83.7 Å². The maximum atomic E-state index is 12.4. The van der Waals surface area contributed by atoms with E-state index >= 15 is 0 Å². The van der Waals surface area contributed by atoms with E-state index in [0.29, 0.717) is 23.3 Å². The lowest BCUT2D eigenvalue weighted by molar-refractivity contribution is 0.102. The Hall–Kier alpha value is -3.54. The number of carbonyl (C=O) groups excluding carboxylic acids is 1. The summed E-state index contributed by atoms with van der Waals surface area (Å²) < 4.78 is 1.85. The molecule has 2 aromatic heterocycles. The van der Waals surface area contributed by atoms with Crippen molar-refractivity contribution in [2.75, 3.05) is 5.32 Å². The van der Waals surface area contributed by atoms with Crippen molar-refractivity contribution in [2.45, 2.75) is 13.5 Å². The second kappa shape index (κ2) is 6.76. The van der Waals surface area contributed by atoms with E-state index in [1.807, 2.05) is 22.9 Å². The molecule has 6 nitrogen and oxygen atoms in total. The minimum atomic E-state index is -0.188. The van der Waals surface area contributed by atoms with Crippen LogP contribution in [0.3, 0.4) is 0 Å². The number of benzene rings is 2. The molecular formula is C20H17N5O. The molecule has 26 heavy (non-hydrogen) atoms. The van der Waals surface area contributed by atoms with Crippen LogP contribution < -0.4 is 5.32 Å². The molecule has 0 radical (unpaired) electrons. The number of rotatable bonds is 4. The van der Waals surface area contributed by atoms with E-state index < -0.39 is 0 Å². The summed E-state index contributed by atoms with van der Waals surface area (Å²) in [6.45, 7) is 2.72. The number of pyridine rings is 1. The van der Waals surface area contributed by atoms with E-state index in [1.165, 1.54) is 11.1 Å². The Morgan fingerprint density at radius 3 is 2.69 bits per heavy atom. The van der Waals surface area contributed by atoms with Crippen LogP contribution in [0.4, 0.5) is 5.69 Å². The summed E-state index contributed by atoms with van der Waals surface area (Å²) in [6, 6.07) is 17.1. The highest BCUT2D eigenvalue weighted by Gasteiger charge is 2.11. The second-order valence-electron chi connectivity index (χ2n) is 6.07. The first-order chi connectivity index (χ1) is 12.7. The normalized spacial score (nSPS) is 10.8. The van der Waals surface area contributed by atoms with Crippen LogP contribution in [0.25, 0.3) is 11.0 Å². The number of nitrogens with one attached hydrogen (secondary N) is 1. The molecule has 4 rings (SSSR count). The lowest BCUT2D eigenvalue weighted by Crippen LogP contribution is -2.11. The number of nitrogens with zero attached hydrogens (tertiary/aromatic N) is 4. The Kier molecular flexibility index (Phi) is 4.15. The first-order valence-corrected chi connectivity index (χ1v) is 8.30. The van der Waals surface area contributed by atoms with E-state index in [2.05, 4.69) is 39.7 Å². The van der Waals surface area contributed by atoms with Gasteiger partial charge in [0.05, 0.1) is 12.1 Å². The Labute approximate surface area is 150 Å². The summed E-state index contributed by atoms with van der Waals surface area (Å²) in [6.07, 6.45) is 3.27. The van der Waals surface area contributed by atoms with Gasteiger partial charge in [0.2, 0.25) is 0 Å². The highest BCUT2D eigenvalue weighted by atomic mass is 16.1. The minimum absolute atomic E-state index is 0.188. The van der Waals surface area contributed by atoms with Crippen LogP contribution in [-0.2, 0) is 6.54 Å². The van der Waals surface area contributed by atoms with Gasteiger partial charge in [-0.25, -0.2) is 4.68 Å². The van der Waals surface area contributed by atoms with Crippen LogP contribution in [0.5, 0.6) is 0 Å². The maximum absolute atomic E-state index is 12.4. The zero-order valence-electron chi connectivity index (χ0n) is 14.3. The van der Waals surface area contributed by atoms with Crippen LogP contribution in [0, 0.1) is 6.92 Å². The Bertz CT molecular complexity index is 1070. The Balaban J connectivity index is 1.59. The van der Waals surface area contributed by atoms with Gasteiger partial charge < -0.3 is 5.32 Å². The molecule has 0 aliphatic heterocycles. The lowest BCUT2D eigenvalue weighted by Gasteiger charge is -2.07. The molecule has 4 aromatic rings. The SMILES string of the molecule is Cc1ccccc1Cn1nnc2cc(C(=O)Nc3ccncc3)ccc21. The third-order valence-corrected chi connectivity index (χ3v) is 4.30. The van der Waals surface area contributed by atoms with Gasteiger partial charge in [-0.1, -0.05) is 29.5 Å². The van der Waals surface area contributed by atoms with Crippen molar-refractivity contribution < 1.29 is 4.79 Å². The summed E-state index contributed by atoms with van der Waals surface area (Å²) in [5, 5.41) is 11.3. The smallest absolute Gasteiger partial charge is 0.255 e. The van der Waals surface area contributed by atoms with Gasteiger partial charge in [0, 0.05) is 23.6 Å². The molecule has 0 aliphatic rings. The van der Waals surface area contributed by atoms with Crippen LogP contribution >= 0.6 is 0 Å². The van der Waals surface area contributed by atoms with Crippen LogP contribution in [0.1, 0.15) is 21.5 Å². The van der Waals surface area contributed by atoms with Crippen LogP contribution in [-0.4, -0.2) is 25.9 Å². The van der Waals surface area contributed by atoms with Crippen molar-refractivity contribution in [2.24, 2.45) is 0 Å². The van der Waals surface area contributed by atoms with Gasteiger partial charge in [0.1, 0.15) is 5.52 Å². The second-order valence-corrected chi connectivity index (χ2v) is 6.07. The topological polar surface area (TPSA) is 72.7 Å². The van der Waals surface area contributed by atoms with Crippen LogP contribution in [0.2, 0.25) is 0 Å².